The van der Waals surface area contributed by atoms with Gasteiger partial charge in [-0.15, -0.1) is 0 Å². The molecular weight excluding hydrogens is 279 g/mol. The Morgan fingerprint density at radius 1 is 1.10 bits per heavy atom. The van der Waals surface area contributed by atoms with E-state index in [2.05, 4.69) is 4.98 Å². The second-order valence-corrected chi connectivity index (χ2v) is 4.64. The molecule has 20 heavy (non-hydrogen) atoms. The minimum absolute atomic E-state index is 0.0329. The lowest BCUT2D eigenvalue weighted by molar-refractivity contribution is 0.484. The van der Waals surface area contributed by atoms with E-state index in [9.17, 15) is 4.39 Å². The number of nitrogens with two attached hydrogens (primary N) is 1. The van der Waals surface area contributed by atoms with Gasteiger partial charge in [-0.3, -0.25) is 4.98 Å². The molecule has 0 aliphatic carbocycles. The van der Waals surface area contributed by atoms with E-state index in [0.717, 1.165) is 10.9 Å². The van der Waals surface area contributed by atoms with Gasteiger partial charge in [-0.05, 0) is 30.3 Å². The van der Waals surface area contributed by atoms with Crippen LogP contribution in [0.25, 0.3) is 10.9 Å². The van der Waals surface area contributed by atoms with Gasteiger partial charge in [0.05, 0.1) is 16.2 Å². The summed E-state index contributed by atoms with van der Waals surface area (Å²) in [6.45, 7) is 0. The number of ether oxygens (including phenoxy) is 1. The molecule has 5 heteroatoms. The van der Waals surface area contributed by atoms with Crippen LogP contribution in [-0.2, 0) is 0 Å². The van der Waals surface area contributed by atoms with E-state index >= 15 is 0 Å². The number of fused-ring (bicyclic) bond motifs is 1. The molecule has 0 radical (unpaired) electrons. The largest absolute Gasteiger partial charge is 0.454 e. The normalized spacial score (nSPS) is 10.7. The van der Waals surface area contributed by atoms with Gasteiger partial charge in [0.25, 0.3) is 0 Å². The quantitative estimate of drug-likeness (QED) is 0.711. The monoisotopic (exact) mass is 288 g/mol. The number of rotatable bonds is 2. The van der Waals surface area contributed by atoms with E-state index in [1.54, 1.807) is 18.3 Å². The Morgan fingerprint density at radius 3 is 2.80 bits per heavy atom. The summed E-state index contributed by atoms with van der Waals surface area (Å²) in [7, 11) is 0. The highest BCUT2D eigenvalue weighted by atomic mass is 35.5. The number of benzene rings is 2. The maximum atomic E-state index is 13.5. The van der Waals surface area contributed by atoms with Crippen molar-refractivity contribution in [3.63, 3.8) is 0 Å². The highest BCUT2D eigenvalue weighted by Gasteiger charge is 2.10. The predicted octanol–water partition coefficient (Wildman–Crippen LogP) is 4.40. The number of hydrogen-bond donors (Lipinski definition) is 1. The van der Waals surface area contributed by atoms with Crippen molar-refractivity contribution in [2.24, 2.45) is 0 Å². The number of pyridine rings is 1. The minimum atomic E-state index is -0.575. The maximum absolute atomic E-state index is 13.5. The lowest BCUT2D eigenvalue weighted by Crippen LogP contribution is -1.94. The van der Waals surface area contributed by atoms with Gasteiger partial charge in [-0.2, -0.15) is 0 Å². The molecule has 0 amide bonds. The highest BCUT2D eigenvalue weighted by Crippen LogP contribution is 2.34. The Kier molecular flexibility index (Phi) is 3.16. The summed E-state index contributed by atoms with van der Waals surface area (Å²) in [5.74, 6) is 0.210. The number of aromatic nitrogens is 1. The van der Waals surface area contributed by atoms with Gasteiger partial charge in [-0.25, -0.2) is 4.39 Å². The lowest BCUT2D eigenvalue weighted by Gasteiger charge is -2.11. The Morgan fingerprint density at radius 2 is 1.95 bits per heavy atom. The number of nitrogens with zero attached hydrogens (tertiary/aromatic N) is 1. The van der Waals surface area contributed by atoms with Crippen LogP contribution in [0.3, 0.4) is 0 Å². The van der Waals surface area contributed by atoms with E-state index in [1.165, 1.54) is 12.1 Å². The van der Waals surface area contributed by atoms with E-state index in [1.807, 2.05) is 18.2 Å². The lowest BCUT2D eigenvalue weighted by atomic mass is 10.2. The fraction of sp³-hybridized carbons (Fsp3) is 0. The predicted molar refractivity (Wildman–Crippen MR) is 77.6 cm³/mol. The first kappa shape index (κ1) is 12.7. The van der Waals surface area contributed by atoms with E-state index in [-0.39, 0.29) is 16.5 Å². The Balaban J connectivity index is 2.08. The summed E-state index contributed by atoms with van der Waals surface area (Å²) in [5, 5.41) is 0.791. The number of halogens is 2. The van der Waals surface area contributed by atoms with Crippen molar-refractivity contribution in [3.8, 4) is 11.5 Å². The van der Waals surface area contributed by atoms with Gasteiger partial charge < -0.3 is 10.5 Å². The molecule has 0 atom stereocenters. The van der Waals surface area contributed by atoms with Crippen molar-refractivity contribution in [1.82, 2.24) is 4.98 Å². The number of anilines is 1. The van der Waals surface area contributed by atoms with Crippen molar-refractivity contribution >= 4 is 28.2 Å². The molecule has 0 aliphatic rings. The number of nitrogen functional groups attached to an aromatic ring is 1. The van der Waals surface area contributed by atoms with Crippen LogP contribution in [-0.4, -0.2) is 4.98 Å². The first-order chi connectivity index (χ1) is 9.65. The van der Waals surface area contributed by atoms with Crippen molar-refractivity contribution in [1.29, 1.82) is 0 Å². The van der Waals surface area contributed by atoms with Crippen LogP contribution in [0, 0.1) is 5.82 Å². The van der Waals surface area contributed by atoms with Crippen LogP contribution < -0.4 is 10.5 Å². The summed E-state index contributed by atoms with van der Waals surface area (Å²) in [5.41, 5.74) is 6.86. The van der Waals surface area contributed by atoms with Gasteiger partial charge in [0.1, 0.15) is 11.6 Å². The first-order valence-corrected chi connectivity index (χ1v) is 6.29. The zero-order chi connectivity index (χ0) is 14.1. The summed E-state index contributed by atoms with van der Waals surface area (Å²) >= 11 is 5.66. The fourth-order valence-electron chi connectivity index (χ4n) is 1.91. The van der Waals surface area contributed by atoms with Gasteiger partial charge in [-0.1, -0.05) is 17.7 Å². The third-order valence-corrected chi connectivity index (χ3v) is 3.17. The standard InChI is InChI=1S/C15H10ClFN2O/c16-10-7-12(18)15(8-11(10)17)20-14-5-1-4-13-9(14)3-2-6-19-13/h1-8H,18H2. The summed E-state index contributed by atoms with van der Waals surface area (Å²) in [6, 6.07) is 11.6. The first-order valence-electron chi connectivity index (χ1n) is 5.91. The topological polar surface area (TPSA) is 48.1 Å². The Labute approximate surface area is 119 Å². The molecule has 0 unspecified atom stereocenters. The molecule has 2 N–H and O–H groups in total. The summed E-state index contributed by atoms with van der Waals surface area (Å²) in [6.07, 6.45) is 1.70. The van der Waals surface area contributed by atoms with Gasteiger partial charge in [0.2, 0.25) is 0 Å². The summed E-state index contributed by atoms with van der Waals surface area (Å²) in [4.78, 5) is 4.23. The molecule has 3 aromatic rings. The second kappa shape index (κ2) is 4.98. The van der Waals surface area contributed by atoms with E-state index in [4.69, 9.17) is 22.1 Å². The van der Waals surface area contributed by atoms with E-state index in [0.29, 0.717) is 5.75 Å². The average Bonchev–Trinajstić information content (AvgIpc) is 2.45. The molecule has 3 rings (SSSR count). The minimum Gasteiger partial charge on any atom is -0.454 e. The SMILES string of the molecule is Nc1cc(Cl)c(F)cc1Oc1cccc2ncccc12. The maximum Gasteiger partial charge on any atom is 0.153 e. The molecule has 0 spiro atoms. The Bertz CT molecular complexity index is 787. The zero-order valence-corrected chi connectivity index (χ0v) is 11.1. The fourth-order valence-corrected chi connectivity index (χ4v) is 2.09. The van der Waals surface area contributed by atoms with Crippen molar-refractivity contribution in [2.45, 2.75) is 0 Å². The van der Waals surface area contributed by atoms with Crippen LogP contribution >= 0.6 is 11.6 Å². The van der Waals surface area contributed by atoms with E-state index < -0.39 is 5.82 Å². The van der Waals surface area contributed by atoms with Crippen LogP contribution in [0.15, 0.2) is 48.7 Å². The van der Waals surface area contributed by atoms with Crippen LogP contribution in [0.1, 0.15) is 0 Å². The third-order valence-electron chi connectivity index (χ3n) is 2.88. The molecule has 0 fully saturated rings. The molecule has 0 saturated carbocycles. The second-order valence-electron chi connectivity index (χ2n) is 4.23. The van der Waals surface area contributed by atoms with Crippen LogP contribution in [0.4, 0.5) is 10.1 Å². The zero-order valence-electron chi connectivity index (χ0n) is 10.3. The van der Waals surface area contributed by atoms with Crippen molar-refractivity contribution < 1.29 is 9.13 Å². The van der Waals surface area contributed by atoms with Crippen molar-refractivity contribution in [3.05, 3.63) is 59.5 Å². The molecule has 0 aliphatic heterocycles. The molecule has 0 bridgehead atoms. The molecule has 1 heterocycles. The molecule has 3 nitrogen and oxygen atoms in total. The van der Waals surface area contributed by atoms with Crippen LogP contribution in [0.2, 0.25) is 5.02 Å². The van der Waals surface area contributed by atoms with Crippen molar-refractivity contribution in [2.75, 3.05) is 5.73 Å². The molecule has 2 aromatic carbocycles. The van der Waals surface area contributed by atoms with Gasteiger partial charge >= 0.3 is 0 Å². The third kappa shape index (κ3) is 2.26. The average molecular weight is 289 g/mol. The molecule has 100 valence electrons. The Hall–Kier alpha value is -2.33. The van der Waals surface area contributed by atoms with Crippen LogP contribution in [0.5, 0.6) is 11.5 Å². The van der Waals surface area contributed by atoms with Gasteiger partial charge in [0, 0.05) is 17.6 Å². The highest BCUT2D eigenvalue weighted by molar-refractivity contribution is 6.31. The molecular formula is C15H10ClFN2O. The molecule has 0 saturated heterocycles. The number of hydrogen-bond acceptors (Lipinski definition) is 3. The molecule has 1 aromatic heterocycles. The summed E-state index contributed by atoms with van der Waals surface area (Å²) < 4.78 is 19.2. The van der Waals surface area contributed by atoms with Gasteiger partial charge in [0.15, 0.2) is 5.75 Å². The smallest absolute Gasteiger partial charge is 0.153 e.